The van der Waals surface area contributed by atoms with Gasteiger partial charge in [-0.3, -0.25) is 4.99 Å². The van der Waals surface area contributed by atoms with Crippen LogP contribution in [-0.2, 0) is 4.74 Å². The summed E-state index contributed by atoms with van der Waals surface area (Å²) < 4.78 is 5.93. The molecule has 4 unspecified atom stereocenters. The molecule has 1 N–H and O–H groups in total. The van der Waals surface area contributed by atoms with Gasteiger partial charge in [-0.25, -0.2) is 0 Å². The summed E-state index contributed by atoms with van der Waals surface area (Å²) in [5, 5.41) is 10.1. The van der Waals surface area contributed by atoms with E-state index in [9.17, 15) is 5.11 Å². The van der Waals surface area contributed by atoms with Crippen LogP contribution in [0.3, 0.4) is 0 Å². The molecule has 0 aromatic carbocycles. The lowest BCUT2D eigenvalue weighted by Gasteiger charge is -2.36. The molecule has 1 fully saturated rings. The van der Waals surface area contributed by atoms with Crippen molar-refractivity contribution in [1.29, 1.82) is 0 Å². The van der Waals surface area contributed by atoms with Gasteiger partial charge in [0.05, 0.1) is 17.4 Å². The lowest BCUT2D eigenvalue weighted by atomic mass is 9.92. The monoisotopic (exact) mass is 254 g/mol. The van der Waals surface area contributed by atoms with Crippen molar-refractivity contribution in [2.45, 2.75) is 64.5 Å². The van der Waals surface area contributed by atoms with Crippen LogP contribution in [0.25, 0.3) is 0 Å². The van der Waals surface area contributed by atoms with Crippen molar-refractivity contribution in [1.82, 2.24) is 4.90 Å². The molecule has 4 heteroatoms. The van der Waals surface area contributed by atoms with Crippen molar-refractivity contribution < 1.29 is 9.84 Å². The molecule has 0 amide bonds. The Kier molecular flexibility index (Phi) is 3.81. The van der Waals surface area contributed by atoms with Crippen LogP contribution in [0.4, 0.5) is 0 Å². The minimum atomic E-state index is -0.873. The number of ether oxygens (including phenoxy) is 1. The van der Waals surface area contributed by atoms with Gasteiger partial charge in [-0.1, -0.05) is 0 Å². The maximum atomic E-state index is 10.1. The fourth-order valence-corrected chi connectivity index (χ4v) is 2.97. The fourth-order valence-electron chi connectivity index (χ4n) is 2.97. The number of rotatable bonds is 2. The first-order valence-electron chi connectivity index (χ1n) is 6.95. The molecule has 2 aliphatic heterocycles. The van der Waals surface area contributed by atoms with Gasteiger partial charge < -0.3 is 14.7 Å². The summed E-state index contributed by atoms with van der Waals surface area (Å²) in [7, 11) is 2.16. The van der Waals surface area contributed by atoms with E-state index in [0.717, 1.165) is 18.7 Å². The third kappa shape index (κ3) is 2.76. The Morgan fingerprint density at radius 3 is 2.50 bits per heavy atom. The van der Waals surface area contributed by atoms with Crippen LogP contribution in [0.15, 0.2) is 4.99 Å². The van der Waals surface area contributed by atoms with Gasteiger partial charge in [0.15, 0.2) is 6.23 Å². The van der Waals surface area contributed by atoms with Crippen LogP contribution in [0.2, 0.25) is 0 Å². The minimum absolute atomic E-state index is 0.0698. The van der Waals surface area contributed by atoms with E-state index in [1.165, 1.54) is 6.42 Å². The lowest BCUT2D eigenvalue weighted by molar-refractivity contribution is -0.0128. The Morgan fingerprint density at radius 1 is 1.33 bits per heavy atom. The molecular weight excluding hydrogens is 228 g/mol. The first-order chi connectivity index (χ1) is 8.29. The highest BCUT2D eigenvalue weighted by Crippen LogP contribution is 2.30. The third-order valence-corrected chi connectivity index (χ3v) is 4.26. The van der Waals surface area contributed by atoms with E-state index >= 15 is 0 Å². The zero-order valence-electron chi connectivity index (χ0n) is 12.2. The second kappa shape index (κ2) is 4.91. The number of piperidine rings is 1. The predicted octanol–water partition coefficient (Wildman–Crippen LogP) is 1.67. The van der Waals surface area contributed by atoms with Crippen LogP contribution in [0.1, 0.15) is 40.5 Å². The molecule has 4 atom stereocenters. The van der Waals surface area contributed by atoms with E-state index in [0.29, 0.717) is 12.0 Å². The van der Waals surface area contributed by atoms with Gasteiger partial charge in [-0.15, -0.1) is 0 Å². The Bertz CT molecular complexity index is 335. The summed E-state index contributed by atoms with van der Waals surface area (Å²) in [6.45, 7) is 8.83. The SMILES string of the molecule is CC1OC(C2CCC(C)N(C)C2)N=C1C(C)(C)O. The standard InChI is InChI=1S/C14H26N2O2/c1-9-6-7-11(8-16(9)5)13-15-12(10(2)18-13)14(3,4)17/h9-11,13,17H,6-8H2,1-5H3. The summed E-state index contributed by atoms with van der Waals surface area (Å²) in [6.07, 6.45) is 2.21. The quantitative estimate of drug-likeness (QED) is 0.815. The summed E-state index contributed by atoms with van der Waals surface area (Å²) >= 11 is 0. The van der Waals surface area contributed by atoms with E-state index < -0.39 is 5.60 Å². The maximum absolute atomic E-state index is 10.1. The fraction of sp³-hybridized carbons (Fsp3) is 0.929. The molecular formula is C14H26N2O2. The van der Waals surface area contributed by atoms with Crippen LogP contribution in [0, 0.1) is 5.92 Å². The number of hydrogen-bond acceptors (Lipinski definition) is 4. The first kappa shape index (κ1) is 14.0. The summed E-state index contributed by atoms with van der Waals surface area (Å²) in [5.41, 5.74) is -0.0871. The second-order valence-electron chi connectivity index (χ2n) is 6.37. The average molecular weight is 254 g/mol. The summed E-state index contributed by atoms with van der Waals surface area (Å²) in [4.78, 5) is 7.02. The van der Waals surface area contributed by atoms with Gasteiger partial charge in [-0.2, -0.15) is 0 Å². The van der Waals surface area contributed by atoms with Crippen LogP contribution >= 0.6 is 0 Å². The van der Waals surface area contributed by atoms with Gasteiger partial charge in [0.25, 0.3) is 0 Å². The molecule has 0 aliphatic carbocycles. The Labute approximate surface area is 110 Å². The van der Waals surface area contributed by atoms with Crippen molar-refractivity contribution >= 4 is 5.71 Å². The minimum Gasteiger partial charge on any atom is -0.384 e. The van der Waals surface area contributed by atoms with Gasteiger partial charge in [-0.05, 0) is 47.6 Å². The highest BCUT2D eigenvalue weighted by molar-refractivity contribution is 5.96. The molecule has 0 saturated carbocycles. The zero-order valence-corrected chi connectivity index (χ0v) is 12.2. The molecule has 4 nitrogen and oxygen atoms in total. The van der Waals surface area contributed by atoms with E-state index in [4.69, 9.17) is 4.74 Å². The molecule has 18 heavy (non-hydrogen) atoms. The van der Waals surface area contributed by atoms with Gasteiger partial charge in [0.2, 0.25) is 0 Å². The van der Waals surface area contributed by atoms with Crippen LogP contribution < -0.4 is 0 Å². The molecule has 2 heterocycles. The topological polar surface area (TPSA) is 45.1 Å². The van der Waals surface area contributed by atoms with Crippen molar-refractivity contribution in [3.05, 3.63) is 0 Å². The Balaban J connectivity index is 2.06. The van der Waals surface area contributed by atoms with E-state index in [2.05, 4.69) is 23.9 Å². The maximum Gasteiger partial charge on any atom is 0.153 e. The van der Waals surface area contributed by atoms with Crippen molar-refractivity contribution in [3.8, 4) is 0 Å². The van der Waals surface area contributed by atoms with Gasteiger partial charge >= 0.3 is 0 Å². The lowest BCUT2D eigenvalue weighted by Crippen LogP contribution is -2.42. The molecule has 0 aromatic rings. The van der Waals surface area contributed by atoms with E-state index in [1.807, 2.05) is 6.92 Å². The van der Waals surface area contributed by atoms with Crippen molar-refractivity contribution in [3.63, 3.8) is 0 Å². The van der Waals surface area contributed by atoms with Gasteiger partial charge in [0, 0.05) is 18.5 Å². The first-order valence-corrected chi connectivity index (χ1v) is 6.95. The largest absolute Gasteiger partial charge is 0.384 e. The number of hydrogen-bond donors (Lipinski definition) is 1. The van der Waals surface area contributed by atoms with Crippen molar-refractivity contribution in [2.24, 2.45) is 10.9 Å². The van der Waals surface area contributed by atoms with Crippen LogP contribution in [-0.4, -0.2) is 53.3 Å². The molecule has 0 bridgehead atoms. The number of likely N-dealkylation sites (tertiary alicyclic amines) is 1. The Hall–Kier alpha value is -0.450. The van der Waals surface area contributed by atoms with E-state index in [1.54, 1.807) is 13.8 Å². The summed E-state index contributed by atoms with van der Waals surface area (Å²) in [5.74, 6) is 0.452. The van der Waals surface area contributed by atoms with Gasteiger partial charge in [0.1, 0.15) is 0 Å². The Morgan fingerprint density at radius 2 is 2.00 bits per heavy atom. The smallest absolute Gasteiger partial charge is 0.153 e. The molecule has 2 aliphatic rings. The molecule has 1 saturated heterocycles. The molecule has 2 rings (SSSR count). The van der Waals surface area contributed by atoms with Crippen molar-refractivity contribution in [2.75, 3.05) is 13.6 Å². The third-order valence-electron chi connectivity index (χ3n) is 4.26. The highest BCUT2D eigenvalue weighted by Gasteiger charge is 2.39. The zero-order chi connectivity index (χ0) is 13.5. The van der Waals surface area contributed by atoms with E-state index in [-0.39, 0.29) is 12.3 Å². The number of aliphatic imine (C=N–C) groups is 1. The second-order valence-corrected chi connectivity index (χ2v) is 6.37. The average Bonchev–Trinajstić information content (AvgIpc) is 2.64. The molecule has 0 aromatic heterocycles. The normalized spacial score (nSPS) is 38.9. The molecule has 104 valence electrons. The summed E-state index contributed by atoms with van der Waals surface area (Å²) in [6, 6.07) is 0.651. The number of aliphatic hydroxyl groups is 1. The number of nitrogens with zero attached hydrogens (tertiary/aromatic N) is 2. The van der Waals surface area contributed by atoms with Crippen LogP contribution in [0.5, 0.6) is 0 Å². The predicted molar refractivity (Wildman–Crippen MR) is 72.9 cm³/mol. The molecule has 0 radical (unpaired) electrons. The molecule has 0 spiro atoms. The highest BCUT2D eigenvalue weighted by atomic mass is 16.5.